The van der Waals surface area contributed by atoms with Gasteiger partial charge in [0.2, 0.25) is 11.8 Å². The van der Waals surface area contributed by atoms with E-state index in [0.717, 1.165) is 6.42 Å². The lowest BCUT2D eigenvalue weighted by Gasteiger charge is -2.28. The van der Waals surface area contributed by atoms with Crippen LogP contribution in [-0.4, -0.2) is 72.0 Å². The van der Waals surface area contributed by atoms with E-state index in [1.807, 2.05) is 0 Å². The third-order valence-electron chi connectivity index (χ3n) is 7.83. The van der Waals surface area contributed by atoms with Crippen LogP contribution in [0.1, 0.15) is 47.7 Å². The monoisotopic (exact) mass is 562 g/mol. The van der Waals surface area contributed by atoms with Crippen molar-refractivity contribution in [2.75, 3.05) is 38.7 Å². The van der Waals surface area contributed by atoms with Gasteiger partial charge >= 0.3 is 0 Å². The number of halogens is 1. The molecule has 0 radical (unpaired) electrons. The number of carbonyl (C=O) groups is 3. The number of anilines is 2. The fourth-order valence-electron chi connectivity index (χ4n) is 5.87. The summed E-state index contributed by atoms with van der Waals surface area (Å²) in [7, 11) is 1.37. The first-order valence-corrected chi connectivity index (χ1v) is 13.7. The molecule has 3 amide bonds. The van der Waals surface area contributed by atoms with Gasteiger partial charge in [-0.05, 0) is 37.5 Å². The number of H-pyrrole nitrogens is 1. The molecule has 1 saturated heterocycles. The first kappa shape index (κ1) is 26.6. The maximum absolute atomic E-state index is 14.6. The molecule has 2 bridgehead atoms. The molecular formula is C29H31FN6O5. The second-order valence-electron chi connectivity index (χ2n) is 10.3. The van der Waals surface area contributed by atoms with Crippen molar-refractivity contribution in [3.8, 4) is 22.8 Å². The van der Waals surface area contributed by atoms with Gasteiger partial charge in [0.25, 0.3) is 5.91 Å². The van der Waals surface area contributed by atoms with Gasteiger partial charge in [-0.1, -0.05) is 6.07 Å². The zero-order chi connectivity index (χ0) is 28.5. The van der Waals surface area contributed by atoms with E-state index in [1.165, 1.54) is 13.2 Å². The lowest BCUT2D eigenvalue weighted by atomic mass is 9.92. The van der Waals surface area contributed by atoms with Gasteiger partial charge in [-0.15, -0.1) is 0 Å². The van der Waals surface area contributed by atoms with Gasteiger partial charge in [-0.3, -0.25) is 19.4 Å². The molecule has 1 unspecified atom stereocenters. The van der Waals surface area contributed by atoms with Crippen molar-refractivity contribution in [2.24, 2.45) is 0 Å². The summed E-state index contributed by atoms with van der Waals surface area (Å²) in [6, 6.07) is 5.74. The molecule has 1 aromatic carbocycles. The van der Waals surface area contributed by atoms with Crippen molar-refractivity contribution in [3.05, 3.63) is 53.7 Å². The van der Waals surface area contributed by atoms with Crippen LogP contribution in [0.4, 0.5) is 15.8 Å². The van der Waals surface area contributed by atoms with Crippen molar-refractivity contribution in [1.29, 1.82) is 0 Å². The molecule has 3 aliphatic rings. The highest BCUT2D eigenvalue weighted by molar-refractivity contribution is 6.07. The average Bonchev–Trinajstić information content (AvgIpc) is 3.61. The van der Waals surface area contributed by atoms with E-state index in [0.29, 0.717) is 72.2 Å². The molecule has 0 spiro atoms. The molecule has 5 heterocycles. The summed E-state index contributed by atoms with van der Waals surface area (Å²) in [4.78, 5) is 49.1. The molecule has 1 fully saturated rings. The van der Waals surface area contributed by atoms with Crippen LogP contribution in [0.5, 0.6) is 11.5 Å². The Labute approximate surface area is 235 Å². The molecule has 6 rings (SSSR count). The molecule has 214 valence electrons. The number of hydrogen-bond acceptors (Lipinski definition) is 7. The summed E-state index contributed by atoms with van der Waals surface area (Å²) in [5, 5.41) is 9.09. The SMILES string of the molecule is COc1c(F)cccc1Nc1c2[nH]c3c1C(=O)NCC3CC(=O)N1CCC[C@H]1C(=O)NCCCOc1cnccc1-2. The van der Waals surface area contributed by atoms with Crippen LogP contribution in [0.2, 0.25) is 0 Å². The van der Waals surface area contributed by atoms with Gasteiger partial charge in [0.05, 0.1) is 42.5 Å². The van der Waals surface area contributed by atoms with Gasteiger partial charge in [-0.25, -0.2) is 4.39 Å². The minimum Gasteiger partial charge on any atom is -0.492 e. The van der Waals surface area contributed by atoms with Crippen LogP contribution in [-0.2, 0) is 9.59 Å². The predicted molar refractivity (Wildman–Crippen MR) is 148 cm³/mol. The Bertz CT molecular complexity index is 1510. The van der Waals surface area contributed by atoms with E-state index in [2.05, 4.69) is 25.9 Å². The van der Waals surface area contributed by atoms with Gasteiger partial charge in [0.15, 0.2) is 11.6 Å². The molecule has 0 aliphatic carbocycles. The molecule has 11 nitrogen and oxygen atoms in total. The molecule has 41 heavy (non-hydrogen) atoms. The van der Waals surface area contributed by atoms with Crippen molar-refractivity contribution >= 4 is 29.1 Å². The van der Waals surface area contributed by atoms with E-state index >= 15 is 0 Å². The smallest absolute Gasteiger partial charge is 0.255 e. The van der Waals surface area contributed by atoms with Crippen LogP contribution in [0.3, 0.4) is 0 Å². The highest BCUT2D eigenvalue weighted by atomic mass is 19.1. The summed E-state index contributed by atoms with van der Waals surface area (Å²) >= 11 is 0. The minimum absolute atomic E-state index is 0.00168. The number of nitrogens with zero attached hydrogens (tertiary/aromatic N) is 2. The second kappa shape index (κ2) is 11.1. The Hall–Kier alpha value is -4.61. The van der Waals surface area contributed by atoms with Crippen LogP contribution in [0, 0.1) is 5.82 Å². The molecule has 0 saturated carbocycles. The van der Waals surface area contributed by atoms with E-state index < -0.39 is 11.9 Å². The Balaban J connectivity index is 1.49. The Morgan fingerprint density at radius 1 is 1.17 bits per heavy atom. The molecule has 3 aliphatic heterocycles. The molecular weight excluding hydrogens is 531 g/mol. The van der Waals surface area contributed by atoms with Crippen molar-refractivity contribution in [2.45, 2.75) is 37.6 Å². The molecule has 3 aromatic rings. The van der Waals surface area contributed by atoms with Crippen LogP contribution in [0.15, 0.2) is 36.7 Å². The van der Waals surface area contributed by atoms with Crippen molar-refractivity contribution in [1.82, 2.24) is 25.5 Å². The van der Waals surface area contributed by atoms with Crippen LogP contribution in [0.25, 0.3) is 11.3 Å². The normalized spacial score (nSPS) is 20.8. The van der Waals surface area contributed by atoms with Gasteiger partial charge < -0.3 is 35.3 Å². The fourth-order valence-corrected chi connectivity index (χ4v) is 5.87. The standard InChI is InChI=1S/C29H31FN6O5/c1-40-27-18(30)5-2-6-19(27)34-26-23-24-16(14-33-29(23)39)13-22(37)36-11-3-7-20(36)28(38)32-9-4-12-41-21-15-31-10-8-17(21)25(26)35-24/h2,5-6,8,10,15-16,20,34-35H,3-4,7,9,11-14H2,1H3,(H,32,38)(H,33,39)/t16?,20-/m0/s1. The largest absolute Gasteiger partial charge is 0.492 e. The lowest BCUT2D eigenvalue weighted by molar-refractivity contribution is -0.138. The topological polar surface area (TPSA) is 138 Å². The zero-order valence-electron chi connectivity index (χ0n) is 22.6. The second-order valence-corrected chi connectivity index (χ2v) is 10.3. The number of aromatic nitrogens is 2. The van der Waals surface area contributed by atoms with Crippen molar-refractivity contribution < 1.29 is 28.2 Å². The number of ether oxygens (including phenoxy) is 2. The summed E-state index contributed by atoms with van der Waals surface area (Å²) in [5.41, 5.74) is 2.78. The number of amides is 3. The first-order valence-electron chi connectivity index (χ1n) is 13.7. The van der Waals surface area contributed by atoms with Gasteiger partial charge in [0, 0.05) is 49.4 Å². The number of aromatic amines is 1. The van der Waals surface area contributed by atoms with E-state index in [1.54, 1.807) is 35.5 Å². The van der Waals surface area contributed by atoms with E-state index in [9.17, 15) is 18.8 Å². The quantitative estimate of drug-likeness (QED) is 0.385. The third-order valence-corrected chi connectivity index (χ3v) is 7.83. The number of rotatable bonds is 3. The molecule has 2 aromatic heterocycles. The molecule has 4 N–H and O–H groups in total. The van der Waals surface area contributed by atoms with Crippen LogP contribution >= 0.6 is 0 Å². The van der Waals surface area contributed by atoms with E-state index in [-0.39, 0.29) is 42.4 Å². The highest BCUT2D eigenvalue weighted by Gasteiger charge is 2.39. The highest BCUT2D eigenvalue weighted by Crippen LogP contribution is 2.44. The van der Waals surface area contributed by atoms with E-state index in [4.69, 9.17) is 9.47 Å². The maximum Gasteiger partial charge on any atom is 0.255 e. The Kier molecular flexibility index (Phi) is 7.21. The Morgan fingerprint density at radius 3 is 2.90 bits per heavy atom. The number of hydrogen-bond donors (Lipinski definition) is 4. The molecule has 2 atom stereocenters. The molecule has 12 heteroatoms. The number of benzene rings is 1. The Morgan fingerprint density at radius 2 is 2.05 bits per heavy atom. The van der Waals surface area contributed by atoms with Crippen molar-refractivity contribution in [3.63, 3.8) is 0 Å². The fraction of sp³-hybridized carbons (Fsp3) is 0.379. The first-order chi connectivity index (χ1) is 20.0. The zero-order valence-corrected chi connectivity index (χ0v) is 22.6. The third kappa shape index (κ3) is 4.94. The number of methoxy groups -OCH3 is 1. The van der Waals surface area contributed by atoms with Gasteiger partial charge in [-0.2, -0.15) is 0 Å². The maximum atomic E-state index is 14.6. The number of carbonyl (C=O) groups excluding carboxylic acids is 3. The summed E-state index contributed by atoms with van der Waals surface area (Å²) < 4.78 is 26.0. The van der Waals surface area contributed by atoms with Gasteiger partial charge in [0.1, 0.15) is 11.8 Å². The lowest BCUT2D eigenvalue weighted by Crippen LogP contribution is -2.47. The summed E-state index contributed by atoms with van der Waals surface area (Å²) in [6.45, 7) is 1.45. The minimum atomic E-state index is -0.557. The van der Waals surface area contributed by atoms with Crippen LogP contribution < -0.4 is 25.4 Å². The summed E-state index contributed by atoms with van der Waals surface area (Å²) in [6.07, 6.45) is 5.19. The summed E-state index contributed by atoms with van der Waals surface area (Å²) in [5.74, 6) is -1.13. The predicted octanol–water partition coefficient (Wildman–Crippen LogP) is 3.07. The average molecular weight is 563 g/mol. The number of para-hydroxylation sites is 1. The number of nitrogens with one attached hydrogen (secondary N) is 4. The number of fused-ring (bicyclic) bond motifs is 4. The number of pyridine rings is 1.